The van der Waals surface area contributed by atoms with Crippen LogP contribution in [0.4, 0.5) is 0 Å². The van der Waals surface area contributed by atoms with Gasteiger partial charge in [0.05, 0.1) is 19.3 Å². The lowest BCUT2D eigenvalue weighted by Crippen LogP contribution is -2.57. The Morgan fingerprint density at radius 1 is 0.833 bits per heavy atom. The van der Waals surface area contributed by atoms with E-state index in [-0.39, 0.29) is 17.3 Å². The van der Waals surface area contributed by atoms with Gasteiger partial charge in [-0.25, -0.2) is 0 Å². The zero-order chi connectivity index (χ0) is 16.6. The molecule has 5 rings (SSSR count). The second-order valence-electron chi connectivity index (χ2n) is 10.0. The van der Waals surface area contributed by atoms with Gasteiger partial charge in [0.1, 0.15) is 0 Å². The van der Waals surface area contributed by atoms with E-state index in [9.17, 15) is 5.11 Å². The van der Waals surface area contributed by atoms with E-state index in [1.807, 2.05) is 0 Å². The molecule has 1 saturated heterocycles. The second kappa shape index (κ2) is 5.20. The summed E-state index contributed by atoms with van der Waals surface area (Å²) in [6, 6.07) is 0. The minimum absolute atomic E-state index is 0.0384. The van der Waals surface area contributed by atoms with Crippen LogP contribution in [0.15, 0.2) is 0 Å². The number of fused-ring (bicyclic) bond motifs is 6. The van der Waals surface area contributed by atoms with Crippen LogP contribution in [0.3, 0.4) is 0 Å². The van der Waals surface area contributed by atoms with E-state index < -0.39 is 0 Å². The summed E-state index contributed by atoms with van der Waals surface area (Å²) in [5.41, 5.74) is 0.693. The van der Waals surface area contributed by atoms with Crippen LogP contribution < -0.4 is 0 Å². The van der Waals surface area contributed by atoms with E-state index >= 15 is 0 Å². The number of rotatable bonds is 0. The summed E-state index contributed by atoms with van der Waals surface area (Å²) in [5.74, 6) is 2.98. The quantitative estimate of drug-likeness (QED) is 0.724. The Kier molecular flexibility index (Phi) is 3.49. The largest absolute Gasteiger partial charge is 0.393 e. The zero-order valence-corrected chi connectivity index (χ0v) is 15.4. The van der Waals surface area contributed by atoms with Crippen molar-refractivity contribution in [2.45, 2.75) is 83.5 Å². The summed E-state index contributed by atoms with van der Waals surface area (Å²) in [4.78, 5) is 0. The highest BCUT2D eigenvalue weighted by molar-refractivity contribution is 5.12. The first-order chi connectivity index (χ1) is 11.5. The number of aliphatic hydroxyl groups excluding tert-OH is 1. The Balaban J connectivity index is 1.45. The molecule has 1 aliphatic heterocycles. The minimum Gasteiger partial charge on any atom is -0.393 e. The van der Waals surface area contributed by atoms with Gasteiger partial charge in [0.2, 0.25) is 0 Å². The van der Waals surface area contributed by atoms with Crippen LogP contribution in [0, 0.1) is 34.5 Å². The van der Waals surface area contributed by atoms with Crippen molar-refractivity contribution in [3.63, 3.8) is 0 Å². The first-order valence-corrected chi connectivity index (χ1v) is 10.4. The van der Waals surface area contributed by atoms with Crippen molar-refractivity contribution in [1.29, 1.82) is 0 Å². The van der Waals surface area contributed by atoms with E-state index in [0.29, 0.717) is 5.41 Å². The Bertz CT molecular complexity index is 513. The highest BCUT2D eigenvalue weighted by Gasteiger charge is 2.67. The van der Waals surface area contributed by atoms with Crippen LogP contribution >= 0.6 is 0 Å². The molecule has 5 fully saturated rings. The van der Waals surface area contributed by atoms with Gasteiger partial charge >= 0.3 is 0 Å². The summed E-state index contributed by atoms with van der Waals surface area (Å²) in [6.45, 7) is 6.61. The van der Waals surface area contributed by atoms with E-state index in [4.69, 9.17) is 9.47 Å². The average molecular weight is 335 g/mol. The van der Waals surface area contributed by atoms with Crippen LogP contribution in [0.25, 0.3) is 0 Å². The molecule has 24 heavy (non-hydrogen) atoms. The second-order valence-corrected chi connectivity index (χ2v) is 10.0. The summed E-state index contributed by atoms with van der Waals surface area (Å²) in [5, 5.41) is 10.2. The Hall–Kier alpha value is -0.120. The molecule has 4 saturated carbocycles. The summed E-state index contributed by atoms with van der Waals surface area (Å²) in [6.07, 6.45) is 11.0. The molecule has 3 heteroatoms. The van der Waals surface area contributed by atoms with Crippen molar-refractivity contribution in [2.75, 3.05) is 13.2 Å². The number of ether oxygens (including phenoxy) is 2. The van der Waals surface area contributed by atoms with Crippen LogP contribution in [0.1, 0.15) is 71.6 Å². The standard InChI is InChI=1S/C21H34O3/c1-19-8-5-15(22)13-14(19)3-4-16-17(19)6-9-20(2)18(16)7-10-21(20)23-11-12-24-21/h14-18,22H,3-13H2,1-2H3/t14-,15-,16+,17-,18+,19-,20+/m0/s1. The molecule has 136 valence electrons. The molecular formula is C21H34O3. The van der Waals surface area contributed by atoms with Crippen molar-refractivity contribution >= 4 is 0 Å². The maximum atomic E-state index is 10.2. The number of hydrogen-bond donors (Lipinski definition) is 1. The monoisotopic (exact) mass is 334 g/mol. The van der Waals surface area contributed by atoms with Gasteiger partial charge in [-0.1, -0.05) is 13.8 Å². The van der Waals surface area contributed by atoms with Gasteiger partial charge in [0, 0.05) is 11.8 Å². The van der Waals surface area contributed by atoms with Crippen molar-refractivity contribution in [1.82, 2.24) is 0 Å². The normalized spacial score (nSPS) is 55.9. The fraction of sp³-hybridized carbons (Fsp3) is 1.00. The topological polar surface area (TPSA) is 38.7 Å². The first-order valence-electron chi connectivity index (χ1n) is 10.4. The molecule has 0 bridgehead atoms. The van der Waals surface area contributed by atoms with Crippen molar-refractivity contribution < 1.29 is 14.6 Å². The first kappa shape index (κ1) is 16.1. The predicted octanol–water partition coefficient (Wildman–Crippen LogP) is 4.13. The summed E-state index contributed by atoms with van der Waals surface area (Å²) in [7, 11) is 0. The highest BCUT2D eigenvalue weighted by atomic mass is 16.7. The van der Waals surface area contributed by atoms with Crippen molar-refractivity contribution in [3.05, 3.63) is 0 Å². The number of hydrogen-bond acceptors (Lipinski definition) is 3. The van der Waals surface area contributed by atoms with E-state index in [0.717, 1.165) is 56.1 Å². The third-order valence-electron chi connectivity index (χ3n) is 9.44. The molecule has 0 aromatic rings. The molecule has 1 spiro atoms. The molecule has 0 amide bonds. The van der Waals surface area contributed by atoms with Crippen LogP contribution in [0.2, 0.25) is 0 Å². The lowest BCUT2D eigenvalue weighted by molar-refractivity contribution is -0.247. The summed E-state index contributed by atoms with van der Waals surface area (Å²) >= 11 is 0. The fourth-order valence-corrected chi connectivity index (χ4v) is 8.12. The van der Waals surface area contributed by atoms with Crippen LogP contribution in [-0.4, -0.2) is 30.2 Å². The molecule has 3 nitrogen and oxygen atoms in total. The van der Waals surface area contributed by atoms with Crippen LogP contribution in [0.5, 0.6) is 0 Å². The molecule has 0 aromatic heterocycles. The molecular weight excluding hydrogens is 300 g/mol. The lowest BCUT2D eigenvalue weighted by Gasteiger charge is -2.61. The Morgan fingerprint density at radius 3 is 2.38 bits per heavy atom. The molecule has 1 N–H and O–H groups in total. The average Bonchev–Trinajstić information content (AvgIpc) is 3.15. The zero-order valence-electron chi connectivity index (χ0n) is 15.4. The summed E-state index contributed by atoms with van der Waals surface area (Å²) < 4.78 is 12.5. The van der Waals surface area contributed by atoms with E-state index in [1.54, 1.807) is 0 Å². The lowest BCUT2D eigenvalue weighted by atomic mass is 9.45. The Labute approximate surface area is 146 Å². The van der Waals surface area contributed by atoms with Gasteiger partial charge in [-0.3, -0.25) is 0 Å². The third kappa shape index (κ3) is 1.90. The van der Waals surface area contributed by atoms with Crippen LogP contribution in [-0.2, 0) is 9.47 Å². The SMILES string of the molecule is C[C@]12CC[C@H](O)C[C@@H]1CC[C@H]1[C@H]3CCC4(OCCO4)[C@]3(C)CC[C@@H]12. The molecule has 7 atom stereocenters. The van der Waals surface area contributed by atoms with E-state index in [1.165, 1.54) is 38.5 Å². The molecule has 4 aliphatic carbocycles. The molecule has 5 aliphatic rings. The smallest absolute Gasteiger partial charge is 0.174 e. The molecule has 0 aromatic carbocycles. The number of aliphatic hydroxyl groups is 1. The van der Waals surface area contributed by atoms with E-state index in [2.05, 4.69) is 13.8 Å². The Morgan fingerprint density at radius 2 is 1.58 bits per heavy atom. The van der Waals surface area contributed by atoms with Gasteiger partial charge in [-0.15, -0.1) is 0 Å². The predicted molar refractivity (Wildman–Crippen MR) is 92.4 cm³/mol. The van der Waals surface area contributed by atoms with Crippen molar-refractivity contribution in [3.8, 4) is 0 Å². The molecule has 1 heterocycles. The molecule has 0 radical (unpaired) electrons. The highest BCUT2D eigenvalue weighted by Crippen LogP contribution is 2.69. The maximum absolute atomic E-state index is 10.2. The van der Waals surface area contributed by atoms with Gasteiger partial charge in [0.25, 0.3) is 0 Å². The van der Waals surface area contributed by atoms with Gasteiger partial charge in [0.15, 0.2) is 5.79 Å². The van der Waals surface area contributed by atoms with Gasteiger partial charge in [-0.2, -0.15) is 0 Å². The van der Waals surface area contributed by atoms with Gasteiger partial charge in [-0.05, 0) is 80.5 Å². The van der Waals surface area contributed by atoms with Gasteiger partial charge < -0.3 is 14.6 Å². The fourth-order valence-electron chi connectivity index (χ4n) is 8.12. The minimum atomic E-state index is -0.261. The maximum Gasteiger partial charge on any atom is 0.174 e. The third-order valence-corrected chi connectivity index (χ3v) is 9.44. The molecule has 0 unspecified atom stereocenters. The van der Waals surface area contributed by atoms with Crippen molar-refractivity contribution in [2.24, 2.45) is 34.5 Å².